The van der Waals surface area contributed by atoms with E-state index < -0.39 is 5.41 Å². The number of nitrogens with zero attached hydrogens (tertiary/aromatic N) is 1. The number of hydrogen-bond acceptors (Lipinski definition) is 5. The first kappa shape index (κ1) is 14.6. The van der Waals surface area contributed by atoms with Crippen molar-refractivity contribution in [1.29, 1.82) is 0 Å². The highest BCUT2D eigenvalue weighted by molar-refractivity contribution is 7.09. The van der Waals surface area contributed by atoms with Gasteiger partial charge >= 0.3 is 5.97 Å². The molecular weight excluding hydrogens is 252 g/mol. The molecule has 1 N–H and O–H groups in total. The molecule has 6 heteroatoms. The highest BCUT2D eigenvalue weighted by Crippen LogP contribution is 2.15. The first-order valence-corrected chi connectivity index (χ1v) is 6.49. The van der Waals surface area contributed by atoms with E-state index in [1.54, 1.807) is 13.8 Å². The first-order chi connectivity index (χ1) is 8.35. The molecule has 0 unspecified atom stereocenters. The van der Waals surface area contributed by atoms with Gasteiger partial charge in [0.1, 0.15) is 0 Å². The molecule has 0 aliphatic carbocycles. The van der Waals surface area contributed by atoms with Gasteiger partial charge < -0.3 is 10.1 Å². The average Bonchev–Trinajstić information content (AvgIpc) is 2.71. The van der Waals surface area contributed by atoms with Gasteiger partial charge in [-0.1, -0.05) is 0 Å². The first-order valence-electron chi connectivity index (χ1n) is 5.61. The van der Waals surface area contributed by atoms with Crippen molar-refractivity contribution in [2.45, 2.75) is 27.2 Å². The Balaban J connectivity index is 2.44. The molecule has 0 aliphatic heterocycles. The molecule has 0 atom stereocenters. The minimum atomic E-state index is -0.720. The van der Waals surface area contributed by atoms with Crippen LogP contribution in [0.2, 0.25) is 0 Å². The summed E-state index contributed by atoms with van der Waals surface area (Å²) in [6.45, 7) is 5.60. The van der Waals surface area contributed by atoms with Crippen LogP contribution in [-0.4, -0.2) is 30.5 Å². The summed E-state index contributed by atoms with van der Waals surface area (Å²) in [4.78, 5) is 27.3. The van der Waals surface area contributed by atoms with Crippen molar-refractivity contribution in [2.75, 3.05) is 13.7 Å². The monoisotopic (exact) mass is 270 g/mol. The molecule has 0 bridgehead atoms. The summed E-state index contributed by atoms with van der Waals surface area (Å²) >= 11 is 1.51. The van der Waals surface area contributed by atoms with Crippen LogP contribution in [0, 0.1) is 12.3 Å². The van der Waals surface area contributed by atoms with E-state index >= 15 is 0 Å². The number of methoxy groups -OCH3 is 1. The number of hydrogen-bond donors (Lipinski definition) is 1. The van der Waals surface area contributed by atoms with Crippen LogP contribution in [0.3, 0.4) is 0 Å². The molecule has 0 fully saturated rings. The number of ether oxygens (including phenoxy) is 1. The van der Waals surface area contributed by atoms with Gasteiger partial charge in [0.25, 0.3) is 0 Å². The molecule has 0 aromatic carbocycles. The van der Waals surface area contributed by atoms with Gasteiger partial charge in [-0.3, -0.25) is 9.59 Å². The van der Waals surface area contributed by atoms with Gasteiger partial charge in [0.05, 0.1) is 29.6 Å². The van der Waals surface area contributed by atoms with E-state index in [1.165, 1.54) is 18.4 Å². The predicted molar refractivity (Wildman–Crippen MR) is 69.4 cm³/mol. The number of rotatable bonds is 5. The number of aromatic nitrogens is 1. The van der Waals surface area contributed by atoms with Gasteiger partial charge in [-0.2, -0.15) is 0 Å². The second-order valence-electron chi connectivity index (χ2n) is 4.69. The van der Waals surface area contributed by atoms with E-state index in [0.29, 0.717) is 0 Å². The number of nitrogens with one attached hydrogen (secondary N) is 1. The molecule has 18 heavy (non-hydrogen) atoms. The third-order valence-corrected chi connectivity index (χ3v) is 3.30. The SMILES string of the molecule is COC(=O)C(C)(C)CNC(=O)Cc1csc(C)n1. The number of thiazole rings is 1. The molecule has 1 heterocycles. The average molecular weight is 270 g/mol. The third-order valence-electron chi connectivity index (χ3n) is 2.47. The van der Waals surface area contributed by atoms with E-state index in [9.17, 15) is 9.59 Å². The van der Waals surface area contributed by atoms with E-state index in [1.807, 2.05) is 12.3 Å². The van der Waals surface area contributed by atoms with Crippen molar-refractivity contribution in [2.24, 2.45) is 5.41 Å². The van der Waals surface area contributed by atoms with E-state index in [0.717, 1.165) is 10.7 Å². The Hall–Kier alpha value is -1.43. The van der Waals surface area contributed by atoms with E-state index in [4.69, 9.17) is 0 Å². The summed E-state index contributed by atoms with van der Waals surface area (Å²) < 4.78 is 4.67. The fraction of sp³-hybridized carbons (Fsp3) is 0.583. The highest BCUT2D eigenvalue weighted by Gasteiger charge is 2.29. The molecule has 0 saturated heterocycles. The van der Waals surface area contributed by atoms with Gasteiger partial charge in [-0.15, -0.1) is 11.3 Å². The van der Waals surface area contributed by atoms with E-state index in [-0.39, 0.29) is 24.8 Å². The summed E-state index contributed by atoms with van der Waals surface area (Å²) in [5.41, 5.74) is 0.0356. The molecule has 0 saturated carbocycles. The van der Waals surface area contributed by atoms with Gasteiger partial charge in [0.15, 0.2) is 0 Å². The number of amides is 1. The van der Waals surface area contributed by atoms with Crippen molar-refractivity contribution in [3.63, 3.8) is 0 Å². The lowest BCUT2D eigenvalue weighted by molar-refractivity contribution is -0.150. The standard InChI is InChI=1S/C12H18N2O3S/c1-8-14-9(6-18-8)5-10(15)13-7-12(2,3)11(16)17-4/h6H,5,7H2,1-4H3,(H,13,15). The molecule has 100 valence electrons. The van der Waals surface area contributed by atoms with E-state index in [2.05, 4.69) is 15.0 Å². The minimum Gasteiger partial charge on any atom is -0.469 e. The van der Waals surface area contributed by atoms with Crippen LogP contribution < -0.4 is 5.32 Å². The maximum absolute atomic E-state index is 11.7. The molecule has 1 rings (SSSR count). The molecule has 0 aliphatic rings. The third kappa shape index (κ3) is 4.10. The zero-order valence-electron chi connectivity index (χ0n) is 11.1. The van der Waals surface area contributed by atoms with Crippen LogP contribution in [0.1, 0.15) is 24.5 Å². The van der Waals surface area contributed by atoms with Gasteiger partial charge in [0.2, 0.25) is 5.91 Å². The molecule has 1 aromatic rings. The lowest BCUT2D eigenvalue weighted by Crippen LogP contribution is -2.40. The quantitative estimate of drug-likeness (QED) is 0.819. The Labute approximate surface area is 111 Å². The Morgan fingerprint density at radius 2 is 2.17 bits per heavy atom. The maximum Gasteiger partial charge on any atom is 0.313 e. The second-order valence-corrected chi connectivity index (χ2v) is 5.75. The summed E-state index contributed by atoms with van der Waals surface area (Å²) in [6, 6.07) is 0. The molecule has 1 aromatic heterocycles. The summed E-state index contributed by atoms with van der Waals surface area (Å²) in [7, 11) is 1.34. The van der Waals surface area contributed by atoms with Gasteiger partial charge in [-0.05, 0) is 20.8 Å². The largest absolute Gasteiger partial charge is 0.469 e. The summed E-state index contributed by atoms with van der Waals surface area (Å²) in [5, 5.41) is 5.52. The molecule has 5 nitrogen and oxygen atoms in total. The number of carbonyl (C=O) groups is 2. The smallest absolute Gasteiger partial charge is 0.313 e. The minimum absolute atomic E-state index is 0.141. The van der Waals surface area contributed by atoms with Gasteiger partial charge in [-0.25, -0.2) is 4.98 Å². The van der Waals surface area contributed by atoms with Crippen molar-refractivity contribution < 1.29 is 14.3 Å². The van der Waals surface area contributed by atoms with Crippen molar-refractivity contribution in [3.05, 3.63) is 16.1 Å². The van der Waals surface area contributed by atoms with Crippen LogP contribution in [-0.2, 0) is 20.7 Å². The van der Waals surface area contributed by atoms with Crippen LogP contribution in [0.4, 0.5) is 0 Å². The lowest BCUT2D eigenvalue weighted by Gasteiger charge is -2.21. The summed E-state index contributed by atoms with van der Waals surface area (Å²) in [6.07, 6.45) is 0.238. The predicted octanol–water partition coefficient (Wildman–Crippen LogP) is 1.31. The molecule has 0 radical (unpaired) electrons. The Morgan fingerprint density at radius 3 is 2.67 bits per heavy atom. The molecular formula is C12H18N2O3S. The molecule has 1 amide bonds. The zero-order valence-corrected chi connectivity index (χ0v) is 11.9. The fourth-order valence-corrected chi connectivity index (χ4v) is 2.00. The van der Waals surface area contributed by atoms with Crippen molar-refractivity contribution in [3.8, 4) is 0 Å². The van der Waals surface area contributed by atoms with Crippen LogP contribution >= 0.6 is 11.3 Å². The number of esters is 1. The lowest BCUT2D eigenvalue weighted by atomic mass is 9.94. The zero-order chi connectivity index (χ0) is 13.8. The number of aryl methyl sites for hydroxylation is 1. The number of carbonyl (C=O) groups excluding carboxylic acids is 2. The van der Waals surface area contributed by atoms with Crippen LogP contribution in [0.15, 0.2) is 5.38 Å². The van der Waals surface area contributed by atoms with Crippen LogP contribution in [0.5, 0.6) is 0 Å². The Bertz CT molecular complexity index is 440. The Morgan fingerprint density at radius 1 is 1.50 bits per heavy atom. The van der Waals surface area contributed by atoms with Crippen LogP contribution in [0.25, 0.3) is 0 Å². The maximum atomic E-state index is 11.7. The van der Waals surface area contributed by atoms with Crippen molar-refractivity contribution in [1.82, 2.24) is 10.3 Å². The molecule has 0 spiro atoms. The summed E-state index contributed by atoms with van der Waals surface area (Å²) in [5.74, 6) is -0.482. The fourth-order valence-electron chi connectivity index (χ4n) is 1.38. The van der Waals surface area contributed by atoms with Crippen molar-refractivity contribution >= 4 is 23.2 Å². The normalized spacial score (nSPS) is 11.1. The Kier molecular flexibility index (Phi) is 4.84. The topological polar surface area (TPSA) is 68.3 Å². The van der Waals surface area contributed by atoms with Gasteiger partial charge in [0, 0.05) is 11.9 Å². The highest BCUT2D eigenvalue weighted by atomic mass is 32.1. The second kappa shape index (κ2) is 5.95.